The second-order valence-electron chi connectivity index (χ2n) is 4.60. The topological polar surface area (TPSA) is 54.9 Å². The van der Waals surface area contributed by atoms with Gasteiger partial charge in [-0.15, -0.1) is 0 Å². The summed E-state index contributed by atoms with van der Waals surface area (Å²) in [7, 11) is 1.63. The first-order valence-electron chi connectivity index (χ1n) is 6.71. The van der Waals surface area contributed by atoms with Gasteiger partial charge in [-0.25, -0.2) is 0 Å². The third-order valence-electron chi connectivity index (χ3n) is 3.08. The second-order valence-corrected chi connectivity index (χ2v) is 5.93. The van der Waals surface area contributed by atoms with Crippen LogP contribution in [-0.2, 0) is 4.74 Å². The first-order valence-corrected chi connectivity index (χ1v) is 7.91. The number of hydrogen-bond donors (Lipinski definition) is 2. The molecule has 0 radical (unpaired) electrons. The Morgan fingerprint density at radius 3 is 3.19 bits per heavy atom. The lowest BCUT2D eigenvalue weighted by Gasteiger charge is -2.11. The summed E-state index contributed by atoms with van der Waals surface area (Å²) in [5.41, 5.74) is 3.65. The maximum absolute atomic E-state index is 5.51. The van der Waals surface area contributed by atoms with E-state index in [9.17, 15) is 0 Å². The first kappa shape index (κ1) is 16.2. The molecule has 0 aliphatic carbocycles. The minimum atomic E-state index is 0.249. The van der Waals surface area contributed by atoms with E-state index in [1.54, 1.807) is 13.3 Å². The van der Waals surface area contributed by atoms with Gasteiger partial charge in [-0.2, -0.15) is 5.10 Å². The summed E-state index contributed by atoms with van der Waals surface area (Å²) in [5.74, 6) is 0.752. The Hall–Kier alpha value is -1.18. The predicted octanol–water partition coefficient (Wildman–Crippen LogP) is 2.43. The van der Waals surface area contributed by atoms with Gasteiger partial charge in [-0.1, -0.05) is 15.9 Å². The standard InChI is InChI=1S/C14H18BrN3O2S/c1-19-13-5-4-11(15)7-10(13)8-17-18-14(21)16-9-12-3-2-6-20-12/h4-5,7-8,12H,2-3,6,9H2,1H3,(H2,16,18,21)/b17-8-/t12-/m1/s1. The third-order valence-corrected chi connectivity index (χ3v) is 3.80. The molecule has 1 fully saturated rings. The maximum Gasteiger partial charge on any atom is 0.187 e. The summed E-state index contributed by atoms with van der Waals surface area (Å²) in [6.07, 6.45) is 4.12. The molecule has 2 rings (SSSR count). The van der Waals surface area contributed by atoms with E-state index in [1.807, 2.05) is 18.2 Å². The van der Waals surface area contributed by atoms with Crippen LogP contribution >= 0.6 is 28.1 Å². The molecule has 1 aromatic rings. The third kappa shape index (κ3) is 5.26. The number of methoxy groups -OCH3 is 1. The number of hydrazone groups is 1. The van der Waals surface area contributed by atoms with E-state index in [1.165, 1.54) is 0 Å². The Kier molecular flexibility index (Phi) is 6.41. The number of benzene rings is 1. The van der Waals surface area contributed by atoms with E-state index in [4.69, 9.17) is 21.7 Å². The average Bonchev–Trinajstić information content (AvgIpc) is 2.99. The number of rotatable bonds is 5. The van der Waals surface area contributed by atoms with Gasteiger partial charge in [0.25, 0.3) is 0 Å². The van der Waals surface area contributed by atoms with Crippen LogP contribution in [0, 0.1) is 0 Å². The molecule has 0 amide bonds. The molecule has 1 aliphatic heterocycles. The smallest absolute Gasteiger partial charge is 0.187 e. The number of halogens is 1. The number of hydrogen-bond acceptors (Lipinski definition) is 4. The van der Waals surface area contributed by atoms with Crippen LogP contribution in [0.15, 0.2) is 27.8 Å². The predicted molar refractivity (Wildman–Crippen MR) is 91.0 cm³/mol. The Bertz CT molecular complexity index is 519. The van der Waals surface area contributed by atoms with E-state index < -0.39 is 0 Å². The lowest BCUT2D eigenvalue weighted by molar-refractivity contribution is 0.114. The molecule has 1 aromatic carbocycles. The fraction of sp³-hybridized carbons (Fsp3) is 0.429. The summed E-state index contributed by atoms with van der Waals surface area (Å²) in [4.78, 5) is 0. The molecule has 1 saturated heterocycles. The highest BCUT2D eigenvalue weighted by atomic mass is 79.9. The molecule has 2 N–H and O–H groups in total. The highest BCUT2D eigenvalue weighted by Gasteiger charge is 2.14. The van der Waals surface area contributed by atoms with Gasteiger partial charge in [-0.3, -0.25) is 5.43 Å². The van der Waals surface area contributed by atoms with Crippen molar-refractivity contribution in [3.8, 4) is 5.75 Å². The second kappa shape index (κ2) is 8.31. The van der Waals surface area contributed by atoms with Crippen molar-refractivity contribution < 1.29 is 9.47 Å². The molecule has 0 bridgehead atoms. The zero-order chi connectivity index (χ0) is 15.1. The molecule has 0 saturated carbocycles. The lowest BCUT2D eigenvalue weighted by atomic mass is 10.2. The first-order chi connectivity index (χ1) is 10.2. The minimum absolute atomic E-state index is 0.249. The van der Waals surface area contributed by atoms with E-state index in [-0.39, 0.29) is 6.10 Å². The minimum Gasteiger partial charge on any atom is -0.496 e. The van der Waals surface area contributed by atoms with Crippen LogP contribution in [0.4, 0.5) is 0 Å². The highest BCUT2D eigenvalue weighted by Crippen LogP contribution is 2.21. The summed E-state index contributed by atoms with van der Waals surface area (Å²) in [5, 5.41) is 7.69. The van der Waals surface area contributed by atoms with Gasteiger partial charge >= 0.3 is 0 Å². The molecule has 0 unspecified atom stereocenters. The Labute approximate surface area is 138 Å². The molecule has 114 valence electrons. The number of ether oxygens (including phenoxy) is 2. The van der Waals surface area contributed by atoms with Crippen molar-refractivity contribution in [3.05, 3.63) is 28.2 Å². The summed E-state index contributed by atoms with van der Waals surface area (Å²) >= 11 is 8.58. The number of nitrogens with one attached hydrogen (secondary N) is 2. The molecule has 1 atom stereocenters. The van der Waals surface area contributed by atoms with Crippen molar-refractivity contribution in [1.82, 2.24) is 10.7 Å². The summed E-state index contributed by atoms with van der Waals surface area (Å²) in [6.45, 7) is 1.55. The Morgan fingerprint density at radius 1 is 1.62 bits per heavy atom. The van der Waals surface area contributed by atoms with Crippen LogP contribution in [0.25, 0.3) is 0 Å². The van der Waals surface area contributed by atoms with Crippen molar-refractivity contribution in [2.45, 2.75) is 18.9 Å². The van der Waals surface area contributed by atoms with E-state index in [2.05, 4.69) is 31.8 Å². The van der Waals surface area contributed by atoms with Crippen LogP contribution in [0.2, 0.25) is 0 Å². The van der Waals surface area contributed by atoms with Gasteiger partial charge in [-0.05, 0) is 43.3 Å². The van der Waals surface area contributed by atoms with Gasteiger partial charge in [0, 0.05) is 23.2 Å². The molecule has 21 heavy (non-hydrogen) atoms. The SMILES string of the molecule is COc1ccc(Br)cc1/C=N\NC(=S)NC[C@H]1CCCO1. The Balaban J connectivity index is 1.81. The highest BCUT2D eigenvalue weighted by molar-refractivity contribution is 9.10. The maximum atomic E-state index is 5.51. The zero-order valence-electron chi connectivity index (χ0n) is 11.8. The molecule has 0 aromatic heterocycles. The average molecular weight is 372 g/mol. The van der Waals surface area contributed by atoms with Gasteiger partial charge in [0.1, 0.15) is 5.75 Å². The molecule has 0 spiro atoms. The van der Waals surface area contributed by atoms with E-state index in [0.29, 0.717) is 11.7 Å². The van der Waals surface area contributed by atoms with Crippen molar-refractivity contribution in [3.63, 3.8) is 0 Å². The monoisotopic (exact) mass is 371 g/mol. The van der Waals surface area contributed by atoms with Crippen molar-refractivity contribution in [2.24, 2.45) is 5.10 Å². The fourth-order valence-electron chi connectivity index (χ4n) is 2.02. The van der Waals surface area contributed by atoms with Crippen LogP contribution in [0.5, 0.6) is 5.75 Å². The van der Waals surface area contributed by atoms with Crippen LogP contribution in [-0.4, -0.2) is 37.7 Å². The van der Waals surface area contributed by atoms with Crippen LogP contribution < -0.4 is 15.5 Å². The number of thiocarbonyl (C=S) groups is 1. The van der Waals surface area contributed by atoms with Crippen molar-refractivity contribution in [2.75, 3.05) is 20.3 Å². The largest absolute Gasteiger partial charge is 0.496 e. The van der Waals surface area contributed by atoms with E-state index >= 15 is 0 Å². The van der Waals surface area contributed by atoms with Gasteiger partial charge in [0.15, 0.2) is 5.11 Å². The number of nitrogens with zero attached hydrogens (tertiary/aromatic N) is 1. The molecule has 7 heteroatoms. The summed E-state index contributed by atoms with van der Waals surface area (Å²) in [6, 6.07) is 5.71. The van der Waals surface area contributed by atoms with Gasteiger partial charge < -0.3 is 14.8 Å². The lowest BCUT2D eigenvalue weighted by Crippen LogP contribution is -2.37. The van der Waals surface area contributed by atoms with E-state index in [0.717, 1.165) is 35.2 Å². The van der Waals surface area contributed by atoms with Gasteiger partial charge in [0.2, 0.25) is 0 Å². The molecule has 1 heterocycles. The van der Waals surface area contributed by atoms with Crippen LogP contribution in [0.1, 0.15) is 18.4 Å². The molecular weight excluding hydrogens is 354 g/mol. The summed E-state index contributed by atoms with van der Waals surface area (Å²) < 4.78 is 11.7. The molecular formula is C14H18BrN3O2S. The Morgan fingerprint density at radius 2 is 2.48 bits per heavy atom. The fourth-order valence-corrected chi connectivity index (χ4v) is 2.53. The molecule has 1 aliphatic rings. The van der Waals surface area contributed by atoms with Crippen molar-refractivity contribution >= 4 is 39.5 Å². The zero-order valence-corrected chi connectivity index (χ0v) is 14.2. The quantitative estimate of drug-likeness (QED) is 0.473. The van der Waals surface area contributed by atoms with Gasteiger partial charge in [0.05, 0.1) is 19.4 Å². The van der Waals surface area contributed by atoms with Crippen LogP contribution in [0.3, 0.4) is 0 Å². The normalized spacial score (nSPS) is 17.9. The van der Waals surface area contributed by atoms with Crippen molar-refractivity contribution in [1.29, 1.82) is 0 Å². The molecule has 5 nitrogen and oxygen atoms in total.